The highest BCUT2D eigenvalue weighted by atomic mass is 19.1. The average Bonchev–Trinajstić information content (AvgIpc) is 2.44. The van der Waals surface area contributed by atoms with E-state index in [0.29, 0.717) is 17.2 Å². The summed E-state index contributed by atoms with van der Waals surface area (Å²) in [4.78, 5) is 4.33. The van der Waals surface area contributed by atoms with Crippen LogP contribution in [0.1, 0.15) is 30.0 Å². The monoisotopic (exact) mass is 291 g/mol. The zero-order valence-electron chi connectivity index (χ0n) is 12.3. The third kappa shape index (κ3) is 3.92. The molecule has 0 saturated carbocycles. The maximum Gasteiger partial charge on any atom is 0.132 e. The Kier molecular flexibility index (Phi) is 4.75. The first kappa shape index (κ1) is 15.3. The van der Waals surface area contributed by atoms with E-state index in [0.717, 1.165) is 5.69 Å². The summed E-state index contributed by atoms with van der Waals surface area (Å²) >= 11 is 0. The molecule has 1 aromatic carbocycles. The molecular formula is C16H18FNO3. The minimum absolute atomic E-state index is 0.214. The van der Waals surface area contributed by atoms with Crippen LogP contribution in [0, 0.1) is 12.7 Å². The van der Waals surface area contributed by atoms with E-state index < -0.39 is 11.9 Å². The van der Waals surface area contributed by atoms with Crippen molar-refractivity contribution in [3.63, 3.8) is 0 Å². The zero-order valence-corrected chi connectivity index (χ0v) is 12.3. The zero-order chi connectivity index (χ0) is 15.4. The van der Waals surface area contributed by atoms with Gasteiger partial charge < -0.3 is 14.6 Å². The topological polar surface area (TPSA) is 51.6 Å². The standard InChI is InChI=1S/C16H18FNO3/c1-10-6-14(20-3)7-12(18-10)9-21-13-4-5-15(11(2)19)16(17)8-13/h4-8,11,19H,9H2,1-3H3/t11-/m0/s1. The molecule has 0 bridgehead atoms. The molecule has 2 aromatic rings. The Morgan fingerprint density at radius 2 is 2.00 bits per heavy atom. The van der Waals surface area contributed by atoms with Gasteiger partial charge in [-0.05, 0) is 26.0 Å². The number of aryl methyl sites for hydroxylation is 1. The Labute approximate surface area is 123 Å². The van der Waals surface area contributed by atoms with Crippen LogP contribution in [-0.2, 0) is 6.61 Å². The second kappa shape index (κ2) is 6.54. The molecule has 4 nitrogen and oxygen atoms in total. The number of halogens is 1. The lowest BCUT2D eigenvalue weighted by Gasteiger charge is -2.10. The van der Waals surface area contributed by atoms with Crippen LogP contribution in [0.3, 0.4) is 0 Å². The van der Waals surface area contributed by atoms with Crippen molar-refractivity contribution in [1.82, 2.24) is 4.98 Å². The van der Waals surface area contributed by atoms with Crippen molar-refractivity contribution in [3.05, 3.63) is 53.1 Å². The maximum atomic E-state index is 13.7. The SMILES string of the molecule is COc1cc(C)nc(COc2ccc([C@H](C)O)c(F)c2)c1. The molecule has 5 heteroatoms. The van der Waals surface area contributed by atoms with E-state index in [4.69, 9.17) is 9.47 Å². The van der Waals surface area contributed by atoms with Gasteiger partial charge in [0.15, 0.2) is 0 Å². The van der Waals surface area contributed by atoms with E-state index in [-0.39, 0.29) is 12.2 Å². The Hall–Kier alpha value is -2.14. The van der Waals surface area contributed by atoms with Crippen molar-refractivity contribution in [1.29, 1.82) is 0 Å². The number of hydrogen-bond acceptors (Lipinski definition) is 4. The van der Waals surface area contributed by atoms with Crippen LogP contribution < -0.4 is 9.47 Å². The van der Waals surface area contributed by atoms with Gasteiger partial charge in [-0.25, -0.2) is 4.39 Å². The van der Waals surface area contributed by atoms with Gasteiger partial charge in [0.2, 0.25) is 0 Å². The second-order valence-corrected chi connectivity index (χ2v) is 4.79. The molecule has 0 amide bonds. The van der Waals surface area contributed by atoms with Gasteiger partial charge in [0.05, 0.1) is 18.9 Å². The highest BCUT2D eigenvalue weighted by Gasteiger charge is 2.09. The van der Waals surface area contributed by atoms with E-state index in [1.165, 1.54) is 19.1 Å². The van der Waals surface area contributed by atoms with Gasteiger partial charge in [-0.1, -0.05) is 0 Å². The lowest BCUT2D eigenvalue weighted by atomic mass is 10.1. The largest absolute Gasteiger partial charge is 0.497 e. The molecule has 0 aliphatic carbocycles. The predicted octanol–water partition coefficient (Wildman–Crippen LogP) is 3.17. The molecule has 0 spiro atoms. The normalized spacial score (nSPS) is 12.0. The fourth-order valence-electron chi connectivity index (χ4n) is 1.99. The number of methoxy groups -OCH3 is 1. The molecule has 112 valence electrons. The molecule has 2 rings (SSSR count). The number of pyridine rings is 1. The first-order valence-corrected chi connectivity index (χ1v) is 6.61. The van der Waals surface area contributed by atoms with Crippen LogP contribution >= 0.6 is 0 Å². The molecule has 1 atom stereocenters. The van der Waals surface area contributed by atoms with Gasteiger partial charge in [0, 0.05) is 29.5 Å². The van der Waals surface area contributed by atoms with Crippen molar-refractivity contribution < 1.29 is 19.0 Å². The number of ether oxygens (including phenoxy) is 2. The van der Waals surface area contributed by atoms with E-state index in [9.17, 15) is 9.50 Å². The highest BCUT2D eigenvalue weighted by Crippen LogP contribution is 2.22. The minimum atomic E-state index is -0.846. The summed E-state index contributed by atoms with van der Waals surface area (Å²) in [5.41, 5.74) is 1.77. The van der Waals surface area contributed by atoms with Crippen LogP contribution in [-0.4, -0.2) is 17.2 Å². The van der Waals surface area contributed by atoms with Crippen molar-refractivity contribution in [2.24, 2.45) is 0 Å². The number of rotatable bonds is 5. The van der Waals surface area contributed by atoms with Gasteiger partial charge in [0.1, 0.15) is 23.9 Å². The van der Waals surface area contributed by atoms with Crippen molar-refractivity contribution in [3.8, 4) is 11.5 Å². The Morgan fingerprint density at radius 1 is 1.24 bits per heavy atom. The first-order valence-electron chi connectivity index (χ1n) is 6.61. The van der Waals surface area contributed by atoms with Crippen LogP contribution in [0.2, 0.25) is 0 Å². The van der Waals surface area contributed by atoms with Crippen LogP contribution in [0.5, 0.6) is 11.5 Å². The van der Waals surface area contributed by atoms with E-state index >= 15 is 0 Å². The third-order valence-electron chi connectivity index (χ3n) is 3.02. The summed E-state index contributed by atoms with van der Waals surface area (Å²) in [6.07, 6.45) is -0.846. The van der Waals surface area contributed by atoms with Gasteiger partial charge in [0.25, 0.3) is 0 Å². The van der Waals surface area contributed by atoms with Crippen LogP contribution in [0.15, 0.2) is 30.3 Å². The van der Waals surface area contributed by atoms with Crippen molar-refractivity contribution >= 4 is 0 Å². The number of aliphatic hydroxyl groups excluding tert-OH is 1. The number of aliphatic hydroxyl groups is 1. The molecule has 0 fully saturated rings. The third-order valence-corrected chi connectivity index (χ3v) is 3.02. The smallest absolute Gasteiger partial charge is 0.132 e. The fourth-order valence-corrected chi connectivity index (χ4v) is 1.99. The first-order chi connectivity index (χ1) is 9.99. The molecule has 1 N–H and O–H groups in total. The molecule has 0 unspecified atom stereocenters. The Morgan fingerprint density at radius 3 is 2.62 bits per heavy atom. The summed E-state index contributed by atoms with van der Waals surface area (Å²) in [5.74, 6) is 0.605. The van der Waals surface area contributed by atoms with Gasteiger partial charge >= 0.3 is 0 Å². The minimum Gasteiger partial charge on any atom is -0.497 e. The quantitative estimate of drug-likeness (QED) is 0.919. The highest BCUT2D eigenvalue weighted by molar-refractivity contribution is 5.31. The Bertz CT molecular complexity index is 629. The van der Waals surface area contributed by atoms with Crippen LogP contribution in [0.4, 0.5) is 4.39 Å². The molecule has 0 aliphatic rings. The summed E-state index contributed by atoms with van der Waals surface area (Å²) < 4.78 is 24.4. The lowest BCUT2D eigenvalue weighted by Crippen LogP contribution is -2.02. The second-order valence-electron chi connectivity index (χ2n) is 4.79. The fraction of sp³-hybridized carbons (Fsp3) is 0.312. The van der Waals surface area contributed by atoms with E-state index in [1.54, 1.807) is 19.2 Å². The van der Waals surface area contributed by atoms with Crippen LogP contribution in [0.25, 0.3) is 0 Å². The summed E-state index contributed by atoms with van der Waals surface area (Å²) in [6, 6.07) is 7.99. The van der Waals surface area contributed by atoms with Crippen molar-refractivity contribution in [2.45, 2.75) is 26.6 Å². The number of aromatic nitrogens is 1. The van der Waals surface area contributed by atoms with Gasteiger partial charge in [-0.15, -0.1) is 0 Å². The molecule has 0 radical (unpaired) electrons. The molecular weight excluding hydrogens is 273 g/mol. The number of hydrogen-bond donors (Lipinski definition) is 1. The summed E-state index contributed by atoms with van der Waals surface area (Å²) in [6.45, 7) is 3.59. The summed E-state index contributed by atoms with van der Waals surface area (Å²) in [7, 11) is 1.59. The van der Waals surface area contributed by atoms with E-state index in [1.807, 2.05) is 13.0 Å². The molecule has 1 heterocycles. The molecule has 21 heavy (non-hydrogen) atoms. The maximum absolute atomic E-state index is 13.7. The molecule has 0 aliphatic heterocycles. The van der Waals surface area contributed by atoms with E-state index in [2.05, 4.69) is 4.98 Å². The summed E-state index contributed by atoms with van der Waals surface area (Å²) in [5, 5.41) is 9.39. The predicted molar refractivity (Wildman–Crippen MR) is 76.9 cm³/mol. The average molecular weight is 291 g/mol. The number of benzene rings is 1. The van der Waals surface area contributed by atoms with Crippen molar-refractivity contribution in [2.75, 3.05) is 7.11 Å². The Balaban J connectivity index is 2.09. The van der Waals surface area contributed by atoms with Gasteiger partial charge in [-0.2, -0.15) is 0 Å². The molecule has 0 saturated heterocycles. The lowest BCUT2D eigenvalue weighted by molar-refractivity contribution is 0.193. The number of nitrogens with zero attached hydrogens (tertiary/aromatic N) is 1. The van der Waals surface area contributed by atoms with Gasteiger partial charge in [-0.3, -0.25) is 4.98 Å². The molecule has 1 aromatic heterocycles.